The minimum Gasteiger partial charge on any atom is -0.489 e. The molecule has 1 aliphatic rings. The van der Waals surface area contributed by atoms with Crippen molar-refractivity contribution >= 4 is 9.84 Å². The average molecular weight is 346 g/mol. The van der Waals surface area contributed by atoms with Gasteiger partial charge in [-0.05, 0) is 35.2 Å². The van der Waals surface area contributed by atoms with Gasteiger partial charge >= 0.3 is 0 Å². The maximum Gasteiger partial charge on any atom is 0.210 e. The van der Waals surface area contributed by atoms with Crippen LogP contribution in [-0.2, 0) is 20.0 Å². The summed E-state index contributed by atoms with van der Waals surface area (Å²) in [5.74, 6) is 0.377. The highest BCUT2D eigenvalue weighted by atomic mass is 32.2. The van der Waals surface area contributed by atoms with Crippen molar-refractivity contribution in [1.29, 1.82) is 0 Å². The molecule has 0 amide bonds. The predicted octanol–water partition coefficient (Wildman–Crippen LogP) is 3.59. The largest absolute Gasteiger partial charge is 0.489 e. The van der Waals surface area contributed by atoms with Gasteiger partial charge in [0.05, 0.1) is 11.5 Å². The third-order valence-corrected chi connectivity index (χ3v) is 5.77. The van der Waals surface area contributed by atoms with E-state index in [-0.39, 0.29) is 21.3 Å². The number of sulfone groups is 1. The van der Waals surface area contributed by atoms with Crippen LogP contribution >= 0.6 is 0 Å². The summed E-state index contributed by atoms with van der Waals surface area (Å²) in [6.45, 7) is 7.20. The number of hydrogen-bond acceptors (Lipinski definition) is 4. The molecule has 4 nitrogen and oxygen atoms in total. The van der Waals surface area contributed by atoms with E-state index in [4.69, 9.17) is 9.47 Å². The predicted molar refractivity (Wildman–Crippen MR) is 92.3 cm³/mol. The van der Waals surface area contributed by atoms with Crippen molar-refractivity contribution in [3.8, 4) is 5.75 Å². The van der Waals surface area contributed by atoms with E-state index < -0.39 is 9.84 Å². The van der Waals surface area contributed by atoms with Crippen LogP contribution in [0.4, 0.5) is 0 Å². The van der Waals surface area contributed by atoms with Crippen molar-refractivity contribution < 1.29 is 17.9 Å². The molecule has 2 aromatic carbocycles. The first-order chi connectivity index (χ1) is 11.3. The van der Waals surface area contributed by atoms with Crippen LogP contribution in [0.25, 0.3) is 0 Å². The molecule has 1 saturated heterocycles. The minimum atomic E-state index is -3.65. The fraction of sp³-hybridized carbons (Fsp3) is 0.368. The highest BCUT2D eigenvalue weighted by Crippen LogP contribution is 2.34. The number of epoxide rings is 1. The molecule has 3 rings (SSSR count). The summed E-state index contributed by atoms with van der Waals surface area (Å²) in [6.07, 6.45) is 0.0690. The molecule has 0 aromatic heterocycles. The monoisotopic (exact) mass is 346 g/mol. The fourth-order valence-electron chi connectivity index (χ4n) is 2.38. The first kappa shape index (κ1) is 17.0. The summed E-state index contributed by atoms with van der Waals surface area (Å²) in [5, 5.41) is 0. The Labute approximate surface area is 143 Å². The first-order valence-electron chi connectivity index (χ1n) is 7.97. The normalized spacial score (nSPS) is 17.5. The van der Waals surface area contributed by atoms with Gasteiger partial charge < -0.3 is 9.47 Å². The van der Waals surface area contributed by atoms with Crippen LogP contribution in [0.1, 0.15) is 26.3 Å². The Hall–Kier alpha value is -1.85. The van der Waals surface area contributed by atoms with Crippen LogP contribution < -0.4 is 4.74 Å². The van der Waals surface area contributed by atoms with E-state index in [1.54, 1.807) is 42.5 Å². The molecule has 1 aliphatic heterocycles. The topological polar surface area (TPSA) is 55.9 Å². The second-order valence-electron chi connectivity index (χ2n) is 6.99. The van der Waals surface area contributed by atoms with Gasteiger partial charge in [-0.15, -0.1) is 0 Å². The Kier molecular flexibility index (Phi) is 4.40. The van der Waals surface area contributed by atoms with Crippen LogP contribution in [0, 0.1) is 0 Å². The van der Waals surface area contributed by atoms with Crippen molar-refractivity contribution in [2.45, 2.75) is 42.1 Å². The zero-order chi connectivity index (χ0) is 17.4. The molecule has 2 aromatic rings. The Bertz CT molecular complexity index is 816. The zero-order valence-electron chi connectivity index (χ0n) is 14.2. The third-order valence-electron chi connectivity index (χ3n) is 3.98. The summed E-state index contributed by atoms with van der Waals surface area (Å²) in [4.78, 5) is 0.477. The number of ether oxygens (including phenoxy) is 2. The highest BCUT2D eigenvalue weighted by Gasteiger charge is 2.28. The summed E-state index contributed by atoms with van der Waals surface area (Å²) >= 11 is 0. The van der Waals surface area contributed by atoms with Gasteiger partial charge in [-0.1, -0.05) is 45.0 Å². The lowest BCUT2D eigenvalue weighted by atomic mass is 9.87. The third kappa shape index (κ3) is 3.62. The summed E-state index contributed by atoms with van der Waals surface area (Å²) in [6, 6.07) is 13.8. The Morgan fingerprint density at radius 3 is 2.38 bits per heavy atom. The quantitative estimate of drug-likeness (QED) is 0.776. The smallest absolute Gasteiger partial charge is 0.210 e. The van der Waals surface area contributed by atoms with Gasteiger partial charge in [0.25, 0.3) is 0 Å². The summed E-state index contributed by atoms with van der Waals surface area (Å²) in [5.41, 5.74) is 0.797. The number of rotatable bonds is 5. The van der Waals surface area contributed by atoms with Crippen molar-refractivity contribution in [2.75, 3.05) is 13.2 Å². The van der Waals surface area contributed by atoms with Crippen molar-refractivity contribution in [1.82, 2.24) is 0 Å². The maximum absolute atomic E-state index is 13.1. The van der Waals surface area contributed by atoms with E-state index in [2.05, 4.69) is 20.8 Å². The molecular formula is C19H22O4S. The van der Waals surface area contributed by atoms with Crippen LogP contribution in [-0.4, -0.2) is 27.7 Å². The van der Waals surface area contributed by atoms with Crippen molar-refractivity contribution in [3.05, 3.63) is 54.1 Å². The van der Waals surface area contributed by atoms with Crippen LogP contribution in [0.5, 0.6) is 5.75 Å². The average Bonchev–Trinajstić information content (AvgIpc) is 3.37. The van der Waals surface area contributed by atoms with Crippen molar-refractivity contribution in [2.24, 2.45) is 0 Å². The van der Waals surface area contributed by atoms with Gasteiger partial charge in [0.1, 0.15) is 23.4 Å². The molecule has 1 unspecified atom stereocenters. The molecular weight excluding hydrogens is 324 g/mol. The van der Waals surface area contributed by atoms with E-state index in [1.807, 2.05) is 6.07 Å². The van der Waals surface area contributed by atoms with Crippen LogP contribution in [0.2, 0.25) is 0 Å². The highest BCUT2D eigenvalue weighted by molar-refractivity contribution is 7.91. The Balaban J connectivity index is 2.07. The van der Waals surface area contributed by atoms with E-state index in [0.29, 0.717) is 19.0 Å². The molecule has 24 heavy (non-hydrogen) atoms. The van der Waals surface area contributed by atoms with Gasteiger partial charge in [-0.2, -0.15) is 0 Å². The standard InChI is InChI=1S/C19H22O4S/c1-19(2,3)14-9-10-17(23-13-15-12-22-15)18(11-14)24(20,21)16-7-5-4-6-8-16/h4-11,15H,12-13H2,1-3H3. The second kappa shape index (κ2) is 6.22. The molecule has 1 fully saturated rings. The van der Waals surface area contributed by atoms with Gasteiger partial charge in [0.2, 0.25) is 9.84 Å². The Morgan fingerprint density at radius 1 is 1.12 bits per heavy atom. The van der Waals surface area contributed by atoms with Gasteiger partial charge in [0.15, 0.2) is 0 Å². The molecule has 5 heteroatoms. The molecule has 0 aliphatic carbocycles. The van der Waals surface area contributed by atoms with Gasteiger partial charge in [-0.3, -0.25) is 0 Å². The molecule has 128 valence electrons. The molecule has 0 spiro atoms. The van der Waals surface area contributed by atoms with Gasteiger partial charge in [-0.25, -0.2) is 8.42 Å². The van der Waals surface area contributed by atoms with Crippen molar-refractivity contribution in [3.63, 3.8) is 0 Å². The number of benzene rings is 2. The van der Waals surface area contributed by atoms with Gasteiger partial charge in [0, 0.05) is 0 Å². The molecule has 0 radical (unpaired) electrons. The lowest BCUT2D eigenvalue weighted by molar-refractivity contribution is 0.257. The lowest BCUT2D eigenvalue weighted by Crippen LogP contribution is -2.14. The van der Waals surface area contributed by atoms with E-state index >= 15 is 0 Å². The Morgan fingerprint density at radius 2 is 1.79 bits per heavy atom. The van der Waals surface area contributed by atoms with E-state index in [0.717, 1.165) is 5.56 Å². The molecule has 0 bridgehead atoms. The second-order valence-corrected chi connectivity index (χ2v) is 8.91. The molecule has 0 N–H and O–H groups in total. The summed E-state index contributed by atoms with van der Waals surface area (Å²) in [7, 11) is -3.65. The fourth-order valence-corrected chi connectivity index (χ4v) is 3.82. The number of hydrogen-bond donors (Lipinski definition) is 0. The lowest BCUT2D eigenvalue weighted by Gasteiger charge is -2.21. The SMILES string of the molecule is CC(C)(C)c1ccc(OCC2CO2)c(S(=O)(=O)c2ccccc2)c1. The molecule has 1 atom stereocenters. The van der Waals surface area contributed by atoms with E-state index in [9.17, 15) is 8.42 Å². The maximum atomic E-state index is 13.1. The molecule has 0 saturated carbocycles. The zero-order valence-corrected chi connectivity index (χ0v) is 15.0. The van der Waals surface area contributed by atoms with Crippen LogP contribution in [0.3, 0.4) is 0 Å². The van der Waals surface area contributed by atoms with E-state index in [1.165, 1.54) is 0 Å². The first-order valence-corrected chi connectivity index (χ1v) is 9.46. The van der Waals surface area contributed by atoms with Crippen LogP contribution in [0.15, 0.2) is 58.3 Å². The minimum absolute atomic E-state index is 0.0690. The molecule has 1 heterocycles. The summed E-state index contributed by atoms with van der Waals surface area (Å²) < 4.78 is 37.0.